The summed E-state index contributed by atoms with van der Waals surface area (Å²) in [5, 5.41) is 2.79. The van der Waals surface area contributed by atoms with Gasteiger partial charge in [-0.3, -0.25) is 4.72 Å². The molecule has 0 aromatic carbocycles. The number of anilines is 1. The molecule has 0 bridgehead atoms. The maximum absolute atomic E-state index is 11.5. The Kier molecular flexibility index (Phi) is 1.57. The Bertz CT molecular complexity index is 475. The Morgan fingerprint density at radius 2 is 2.31 bits per heavy atom. The first kappa shape index (κ1) is 8.45. The first-order valence-electron chi connectivity index (χ1n) is 3.36. The van der Waals surface area contributed by atoms with Crippen molar-refractivity contribution in [2.75, 3.05) is 5.32 Å². The number of rotatable bonds is 0. The molecule has 8 heteroatoms. The third-order valence-electron chi connectivity index (χ3n) is 1.60. The summed E-state index contributed by atoms with van der Waals surface area (Å²) in [6.07, 6.45) is 1.41. The number of thiocarbonyl (C=S) groups is 1. The Hall–Kier alpha value is -1.15. The van der Waals surface area contributed by atoms with E-state index in [2.05, 4.69) is 27.2 Å². The molecular formula is C5H6N4O2S2. The molecule has 0 saturated heterocycles. The molecule has 1 aromatic rings. The maximum Gasteiger partial charge on any atom is 0.283 e. The molecule has 1 aliphatic heterocycles. The molecule has 13 heavy (non-hydrogen) atoms. The van der Waals surface area contributed by atoms with Gasteiger partial charge in [0, 0.05) is 7.05 Å². The summed E-state index contributed by atoms with van der Waals surface area (Å²) in [5.74, 6) is 0.270. The average molecular weight is 218 g/mol. The van der Waals surface area contributed by atoms with Gasteiger partial charge in [-0.05, 0) is 12.2 Å². The minimum Gasteiger partial charge on any atom is -0.321 e. The molecule has 2 rings (SSSR count). The van der Waals surface area contributed by atoms with E-state index >= 15 is 0 Å². The molecule has 0 spiro atoms. The fourth-order valence-electron chi connectivity index (χ4n) is 1.13. The molecule has 1 aromatic heterocycles. The number of aromatic nitrogens is 2. The number of hydrogen-bond donors (Lipinski definition) is 2. The van der Waals surface area contributed by atoms with Gasteiger partial charge < -0.3 is 9.88 Å². The van der Waals surface area contributed by atoms with Crippen molar-refractivity contribution in [2.45, 2.75) is 5.03 Å². The smallest absolute Gasteiger partial charge is 0.283 e. The van der Waals surface area contributed by atoms with Crippen LogP contribution in [0.5, 0.6) is 0 Å². The summed E-state index contributed by atoms with van der Waals surface area (Å²) in [7, 11) is -1.93. The van der Waals surface area contributed by atoms with Gasteiger partial charge in [0.15, 0.2) is 16.0 Å². The summed E-state index contributed by atoms with van der Waals surface area (Å²) in [6.45, 7) is 0. The third-order valence-corrected chi connectivity index (χ3v) is 3.39. The van der Waals surface area contributed by atoms with Crippen molar-refractivity contribution in [3.8, 4) is 0 Å². The van der Waals surface area contributed by atoms with Crippen LogP contribution in [0.4, 0.5) is 5.82 Å². The lowest BCUT2D eigenvalue weighted by atomic mass is 10.7. The van der Waals surface area contributed by atoms with Crippen molar-refractivity contribution in [2.24, 2.45) is 7.05 Å². The van der Waals surface area contributed by atoms with Gasteiger partial charge in [-0.25, -0.2) is 4.98 Å². The van der Waals surface area contributed by atoms with Gasteiger partial charge in [0.25, 0.3) is 10.0 Å². The SMILES string of the molecule is Cn1cnc2c1S(=O)(=O)NC(=S)N2. The van der Waals surface area contributed by atoms with Crippen LogP contribution >= 0.6 is 12.2 Å². The molecule has 0 unspecified atom stereocenters. The molecule has 2 heterocycles. The molecule has 0 fully saturated rings. The molecule has 0 aliphatic carbocycles. The molecule has 2 N–H and O–H groups in total. The molecule has 0 atom stereocenters. The highest BCUT2D eigenvalue weighted by Gasteiger charge is 2.29. The molecule has 0 amide bonds. The van der Waals surface area contributed by atoms with E-state index in [1.807, 2.05) is 0 Å². The van der Waals surface area contributed by atoms with Crippen LogP contribution in [0.15, 0.2) is 11.4 Å². The van der Waals surface area contributed by atoms with Crippen LogP contribution in [-0.2, 0) is 17.1 Å². The van der Waals surface area contributed by atoms with Crippen LogP contribution in [0.2, 0.25) is 0 Å². The quantitative estimate of drug-likeness (QED) is 0.569. The lowest BCUT2D eigenvalue weighted by molar-refractivity contribution is 0.582. The zero-order valence-corrected chi connectivity index (χ0v) is 8.24. The number of hydrogen-bond acceptors (Lipinski definition) is 4. The summed E-state index contributed by atoms with van der Waals surface area (Å²) >= 11 is 4.69. The van der Waals surface area contributed by atoms with Gasteiger partial charge in [-0.1, -0.05) is 0 Å². The molecular weight excluding hydrogens is 212 g/mol. The van der Waals surface area contributed by atoms with Crippen molar-refractivity contribution in [1.29, 1.82) is 0 Å². The van der Waals surface area contributed by atoms with Gasteiger partial charge in [0.1, 0.15) is 0 Å². The normalized spacial score (nSPS) is 18.7. The van der Waals surface area contributed by atoms with Crippen molar-refractivity contribution in [3.05, 3.63) is 6.33 Å². The van der Waals surface area contributed by atoms with E-state index in [1.165, 1.54) is 10.9 Å². The zero-order valence-electron chi connectivity index (χ0n) is 6.60. The number of aryl methyl sites for hydroxylation is 1. The number of sulfonamides is 1. The summed E-state index contributed by atoms with van der Waals surface area (Å²) in [4.78, 5) is 3.85. The Balaban J connectivity index is 2.73. The summed E-state index contributed by atoms with van der Waals surface area (Å²) in [5.41, 5.74) is 0. The van der Waals surface area contributed by atoms with Gasteiger partial charge in [-0.15, -0.1) is 0 Å². The van der Waals surface area contributed by atoms with Crippen LogP contribution in [0.3, 0.4) is 0 Å². The van der Waals surface area contributed by atoms with Crippen LogP contribution in [0.25, 0.3) is 0 Å². The van der Waals surface area contributed by atoms with Gasteiger partial charge in [0.2, 0.25) is 0 Å². The Morgan fingerprint density at radius 3 is 3.00 bits per heavy atom. The lowest BCUT2D eigenvalue weighted by Crippen LogP contribution is -2.39. The minimum atomic E-state index is -3.53. The van der Waals surface area contributed by atoms with Crippen molar-refractivity contribution >= 4 is 33.2 Å². The highest BCUT2D eigenvalue weighted by Crippen LogP contribution is 2.21. The predicted molar refractivity (Wildman–Crippen MR) is 49.8 cm³/mol. The molecule has 0 radical (unpaired) electrons. The van der Waals surface area contributed by atoms with E-state index in [0.717, 1.165) is 0 Å². The van der Waals surface area contributed by atoms with E-state index in [9.17, 15) is 8.42 Å². The van der Waals surface area contributed by atoms with E-state index < -0.39 is 10.0 Å². The topological polar surface area (TPSA) is 76.0 Å². The van der Waals surface area contributed by atoms with Crippen molar-refractivity contribution in [3.63, 3.8) is 0 Å². The van der Waals surface area contributed by atoms with Crippen LogP contribution in [-0.4, -0.2) is 23.1 Å². The molecule has 70 valence electrons. The Morgan fingerprint density at radius 1 is 1.62 bits per heavy atom. The minimum absolute atomic E-state index is 0.0474. The summed E-state index contributed by atoms with van der Waals surface area (Å²) in [6, 6.07) is 0. The van der Waals surface area contributed by atoms with Crippen LogP contribution < -0.4 is 10.0 Å². The fraction of sp³-hybridized carbons (Fsp3) is 0.200. The van der Waals surface area contributed by atoms with E-state index in [4.69, 9.17) is 0 Å². The molecule has 1 aliphatic rings. The average Bonchev–Trinajstić information content (AvgIpc) is 2.29. The second-order valence-corrected chi connectivity index (χ2v) is 4.57. The molecule has 6 nitrogen and oxygen atoms in total. The highest BCUT2D eigenvalue weighted by atomic mass is 32.2. The Labute approximate surface area is 80.0 Å². The first-order chi connectivity index (χ1) is 6.00. The van der Waals surface area contributed by atoms with Crippen molar-refractivity contribution in [1.82, 2.24) is 14.3 Å². The van der Waals surface area contributed by atoms with Crippen LogP contribution in [0.1, 0.15) is 0 Å². The van der Waals surface area contributed by atoms with E-state index in [0.29, 0.717) is 0 Å². The molecule has 0 saturated carbocycles. The first-order valence-corrected chi connectivity index (χ1v) is 5.25. The second kappa shape index (κ2) is 2.42. The monoisotopic (exact) mass is 218 g/mol. The standard InChI is InChI=1S/C5H6N4O2S2/c1-9-2-6-3-4(9)13(10,11)8-5(12)7-3/h2H,1H3,(H2,7,8,12). The zero-order chi connectivity index (χ0) is 9.64. The number of nitrogens with zero attached hydrogens (tertiary/aromatic N) is 2. The lowest BCUT2D eigenvalue weighted by Gasteiger charge is -2.16. The number of imidazole rings is 1. The number of nitrogens with one attached hydrogen (secondary N) is 2. The highest BCUT2D eigenvalue weighted by molar-refractivity contribution is 7.92. The van der Waals surface area contributed by atoms with Gasteiger partial charge in [-0.2, -0.15) is 8.42 Å². The van der Waals surface area contributed by atoms with E-state index in [-0.39, 0.29) is 16.0 Å². The largest absolute Gasteiger partial charge is 0.321 e. The van der Waals surface area contributed by atoms with E-state index in [1.54, 1.807) is 7.05 Å². The van der Waals surface area contributed by atoms with Gasteiger partial charge in [0.05, 0.1) is 6.33 Å². The van der Waals surface area contributed by atoms with Crippen LogP contribution in [0, 0.1) is 0 Å². The predicted octanol–water partition coefficient (Wildman–Crippen LogP) is -0.591. The number of fused-ring (bicyclic) bond motifs is 1. The van der Waals surface area contributed by atoms with Gasteiger partial charge >= 0.3 is 0 Å². The third kappa shape index (κ3) is 1.18. The van der Waals surface area contributed by atoms with Crippen molar-refractivity contribution < 1.29 is 8.42 Å². The summed E-state index contributed by atoms with van der Waals surface area (Å²) < 4.78 is 26.5. The fourth-order valence-corrected chi connectivity index (χ4v) is 2.73. The maximum atomic E-state index is 11.5. The second-order valence-electron chi connectivity index (χ2n) is 2.57.